The van der Waals surface area contributed by atoms with Crippen molar-refractivity contribution in [2.24, 2.45) is 23.7 Å². The van der Waals surface area contributed by atoms with Gasteiger partial charge in [-0.1, -0.05) is 159 Å². The fourth-order valence-electron chi connectivity index (χ4n) is 14.7. The van der Waals surface area contributed by atoms with Crippen LogP contribution in [0.5, 0.6) is 0 Å². The maximum absolute atomic E-state index is 2.63. The molecular weight excluding hydrogens is 851 g/mol. The van der Waals surface area contributed by atoms with E-state index in [1.54, 1.807) is 11.1 Å². The zero-order valence-electron chi connectivity index (χ0n) is 39.0. The summed E-state index contributed by atoms with van der Waals surface area (Å²) in [6.07, 6.45) is 5.40. The Labute approximate surface area is 407 Å². The summed E-state index contributed by atoms with van der Waals surface area (Å²) in [5.74, 6) is 2.91. The van der Waals surface area contributed by atoms with Crippen LogP contribution in [0.25, 0.3) is 114 Å². The van der Waals surface area contributed by atoms with E-state index in [4.69, 9.17) is 0 Å². The molecule has 330 valence electrons. The van der Waals surface area contributed by atoms with E-state index in [-0.39, 0.29) is 5.41 Å². The van der Waals surface area contributed by atoms with Gasteiger partial charge < -0.3 is 4.57 Å². The van der Waals surface area contributed by atoms with E-state index in [0.717, 1.165) is 11.8 Å². The summed E-state index contributed by atoms with van der Waals surface area (Å²) in [6.45, 7) is 5.10. The number of fused-ring (bicyclic) bond motifs is 16. The summed E-state index contributed by atoms with van der Waals surface area (Å²) < 4.78 is 5.17. The van der Waals surface area contributed by atoms with Crippen molar-refractivity contribution in [3.63, 3.8) is 0 Å². The number of thiophene rings is 1. The zero-order valence-corrected chi connectivity index (χ0v) is 39.9. The second kappa shape index (κ2) is 14.9. The molecule has 2 saturated carbocycles. The first-order valence-corrected chi connectivity index (χ1v) is 26.1. The first-order valence-electron chi connectivity index (χ1n) is 25.2. The molecule has 15 rings (SSSR count). The average molecular weight is 902 g/mol. The minimum absolute atomic E-state index is 0.0611. The third-order valence-electron chi connectivity index (χ3n) is 17.3. The molecule has 1 nitrogen and oxygen atoms in total. The van der Waals surface area contributed by atoms with E-state index < -0.39 is 0 Å². The minimum atomic E-state index is 0.0611. The molecule has 2 heterocycles. The third-order valence-corrected chi connectivity index (χ3v) is 18.4. The van der Waals surface area contributed by atoms with Crippen LogP contribution >= 0.6 is 11.3 Å². The summed E-state index contributed by atoms with van der Waals surface area (Å²) >= 11 is 1.88. The Bertz CT molecular complexity index is 4030. The lowest BCUT2D eigenvalue weighted by atomic mass is 9.49. The van der Waals surface area contributed by atoms with Crippen LogP contribution in [0.1, 0.15) is 50.7 Å². The Kier molecular flexibility index (Phi) is 8.56. The van der Waals surface area contributed by atoms with Crippen molar-refractivity contribution in [3.05, 3.63) is 211 Å². The molecule has 5 atom stereocenters. The smallest absolute Gasteiger partial charge is 0.0547 e. The number of hydrogen-bond donors (Lipinski definition) is 0. The molecule has 2 bridgehead atoms. The van der Waals surface area contributed by atoms with Gasteiger partial charge in [0.2, 0.25) is 0 Å². The molecule has 0 N–H and O–H groups in total. The lowest BCUT2D eigenvalue weighted by Crippen LogP contribution is -2.49. The van der Waals surface area contributed by atoms with Gasteiger partial charge in [-0.25, -0.2) is 0 Å². The molecule has 1 spiro atoms. The Balaban J connectivity index is 0.919. The van der Waals surface area contributed by atoms with Crippen LogP contribution in [0.2, 0.25) is 0 Å². The van der Waals surface area contributed by atoms with Crippen molar-refractivity contribution in [1.29, 1.82) is 0 Å². The lowest BCUT2D eigenvalue weighted by molar-refractivity contribution is 0.0426. The van der Waals surface area contributed by atoms with E-state index >= 15 is 0 Å². The molecule has 2 aromatic heterocycles. The Morgan fingerprint density at radius 2 is 1.00 bits per heavy atom. The second-order valence-corrected chi connectivity index (χ2v) is 22.1. The van der Waals surface area contributed by atoms with Crippen LogP contribution in [-0.4, -0.2) is 4.57 Å². The van der Waals surface area contributed by atoms with Gasteiger partial charge in [0.15, 0.2) is 0 Å². The van der Waals surface area contributed by atoms with Gasteiger partial charge in [0.25, 0.3) is 0 Å². The maximum atomic E-state index is 2.63. The molecule has 2 heteroatoms. The van der Waals surface area contributed by atoms with E-state index in [9.17, 15) is 0 Å². The standard InChI is InChI=1S/C67H51NS/c1-40-32-42-34-41(2)67(47(33-40)35-42)59-22-12-10-16-49(59)50-28-24-43(38-60(50)67)44-25-29-51-57-36-45(26-30-61(57)68(62(51)39-44)48-14-4-3-5-15-48)65-53-18-6-8-20-55(53)66(56-21-9-7-19-54(56)65)46-27-31-64-58(37-46)52-17-11-13-23-63(52)69-64/h3-31,36-42,47H,32-35H2,1-2H3. The predicted octanol–water partition coefficient (Wildman–Crippen LogP) is 18.8. The molecule has 5 unspecified atom stereocenters. The predicted molar refractivity (Wildman–Crippen MR) is 295 cm³/mol. The van der Waals surface area contributed by atoms with Crippen molar-refractivity contribution in [3.8, 4) is 50.2 Å². The second-order valence-electron chi connectivity index (χ2n) is 21.0. The summed E-state index contributed by atoms with van der Waals surface area (Å²) in [5, 5.41) is 10.3. The van der Waals surface area contributed by atoms with Gasteiger partial charge >= 0.3 is 0 Å². The van der Waals surface area contributed by atoms with Crippen molar-refractivity contribution in [2.45, 2.75) is 44.9 Å². The Hall–Kier alpha value is -7.26. The number of hydrogen-bond acceptors (Lipinski definition) is 1. The quantitative estimate of drug-likeness (QED) is 0.155. The molecular formula is C67H51NS. The van der Waals surface area contributed by atoms with E-state index in [0.29, 0.717) is 11.8 Å². The van der Waals surface area contributed by atoms with Gasteiger partial charge in [-0.05, 0) is 181 Å². The van der Waals surface area contributed by atoms with Crippen molar-refractivity contribution in [2.75, 3.05) is 0 Å². The van der Waals surface area contributed by atoms with Crippen molar-refractivity contribution in [1.82, 2.24) is 4.57 Å². The fraction of sp³-hybridized carbons (Fsp3) is 0.164. The number of benzene rings is 10. The van der Waals surface area contributed by atoms with Crippen LogP contribution in [-0.2, 0) is 5.41 Å². The van der Waals surface area contributed by atoms with E-state index in [1.165, 1.54) is 139 Å². The highest BCUT2D eigenvalue weighted by Crippen LogP contribution is 2.65. The fourth-order valence-corrected chi connectivity index (χ4v) is 15.8. The molecule has 3 aliphatic carbocycles. The van der Waals surface area contributed by atoms with Gasteiger partial charge in [-0.3, -0.25) is 0 Å². The van der Waals surface area contributed by atoms with Crippen molar-refractivity contribution >= 4 is 74.9 Å². The minimum Gasteiger partial charge on any atom is -0.309 e. The average Bonchev–Trinajstić information content (AvgIpc) is 4.03. The molecule has 0 saturated heterocycles. The summed E-state index contributed by atoms with van der Waals surface area (Å²) in [6, 6.07) is 76.5. The van der Waals surface area contributed by atoms with Crippen molar-refractivity contribution < 1.29 is 0 Å². The number of nitrogens with zero attached hydrogens (tertiary/aromatic N) is 1. The molecule has 0 aliphatic heterocycles. The van der Waals surface area contributed by atoms with Gasteiger partial charge in [-0.15, -0.1) is 11.3 Å². The number of aromatic nitrogens is 1. The lowest BCUT2D eigenvalue weighted by Gasteiger charge is -2.54. The van der Waals surface area contributed by atoms with Gasteiger partial charge in [0.1, 0.15) is 0 Å². The number of para-hydroxylation sites is 1. The summed E-state index contributed by atoms with van der Waals surface area (Å²) in [7, 11) is 0. The first-order chi connectivity index (χ1) is 34.0. The SMILES string of the molecule is CC1CC2CC(C)C3(c4ccccc4-c4ccc(-c5ccc6c7cc(-c8c9ccccc9c(-c9ccc%10sc%11ccccc%11c%10c9)c9ccccc89)ccc7n(-c7ccccc7)c6c5)cc43)C(C1)C2. The van der Waals surface area contributed by atoms with Crippen LogP contribution in [0.15, 0.2) is 200 Å². The number of rotatable bonds is 4. The van der Waals surface area contributed by atoms with Gasteiger partial charge in [0, 0.05) is 42.0 Å². The molecule has 3 aliphatic rings. The highest BCUT2D eigenvalue weighted by Gasteiger charge is 2.56. The highest BCUT2D eigenvalue weighted by molar-refractivity contribution is 7.25. The monoisotopic (exact) mass is 901 g/mol. The molecule has 0 amide bonds. The van der Waals surface area contributed by atoms with Crippen LogP contribution in [0.3, 0.4) is 0 Å². The van der Waals surface area contributed by atoms with E-state index in [2.05, 4.69) is 219 Å². The normalized spacial score (nSPS) is 20.7. The van der Waals surface area contributed by atoms with Crippen LogP contribution in [0.4, 0.5) is 0 Å². The Morgan fingerprint density at radius 1 is 0.406 bits per heavy atom. The molecule has 69 heavy (non-hydrogen) atoms. The highest BCUT2D eigenvalue weighted by atomic mass is 32.1. The molecule has 10 aromatic carbocycles. The van der Waals surface area contributed by atoms with Crippen LogP contribution in [0, 0.1) is 23.7 Å². The Morgan fingerprint density at radius 3 is 1.77 bits per heavy atom. The van der Waals surface area contributed by atoms with Crippen LogP contribution < -0.4 is 0 Å². The zero-order chi connectivity index (χ0) is 45.5. The van der Waals surface area contributed by atoms with Gasteiger partial charge in [0.05, 0.1) is 11.0 Å². The topological polar surface area (TPSA) is 4.93 Å². The van der Waals surface area contributed by atoms with E-state index in [1.807, 2.05) is 11.3 Å². The first kappa shape index (κ1) is 39.7. The summed E-state index contributed by atoms with van der Waals surface area (Å²) in [5.41, 5.74) is 17.4. The molecule has 0 radical (unpaired) electrons. The summed E-state index contributed by atoms with van der Waals surface area (Å²) in [4.78, 5) is 0. The molecule has 12 aromatic rings. The largest absolute Gasteiger partial charge is 0.309 e. The molecule has 2 fully saturated rings. The van der Waals surface area contributed by atoms with Gasteiger partial charge in [-0.2, -0.15) is 0 Å². The maximum Gasteiger partial charge on any atom is 0.0547 e. The third kappa shape index (κ3) is 5.64.